The number of carbonyl (C=O) groups is 1. The Balaban J connectivity index is 1.49. The van der Waals surface area contributed by atoms with Crippen LogP contribution in [0.1, 0.15) is 57.8 Å². The second-order valence-corrected chi connectivity index (χ2v) is 6.22. The van der Waals surface area contributed by atoms with Crippen molar-refractivity contribution in [1.82, 2.24) is 0 Å². The van der Waals surface area contributed by atoms with Gasteiger partial charge in [-0.1, -0.05) is 25.0 Å². The fourth-order valence-electron chi connectivity index (χ4n) is 2.92. The molecule has 0 aliphatic heterocycles. The Morgan fingerprint density at radius 2 is 1.90 bits per heavy atom. The Hall–Kier alpha value is -0.830. The summed E-state index contributed by atoms with van der Waals surface area (Å²) >= 11 is 0. The van der Waals surface area contributed by atoms with Crippen LogP contribution in [-0.2, 0) is 14.3 Å². The summed E-state index contributed by atoms with van der Waals surface area (Å²) in [5.41, 5.74) is 0. The quantitative estimate of drug-likeness (QED) is 0.500. The smallest absolute Gasteiger partial charge is 0.306 e. The van der Waals surface area contributed by atoms with E-state index in [4.69, 9.17) is 9.47 Å². The lowest BCUT2D eigenvalue weighted by Gasteiger charge is -2.25. The van der Waals surface area contributed by atoms with Gasteiger partial charge in [0.1, 0.15) is 6.61 Å². The summed E-state index contributed by atoms with van der Waals surface area (Å²) in [5.74, 6) is 1.50. The number of ether oxygens (including phenoxy) is 2. The van der Waals surface area contributed by atoms with E-state index in [1.54, 1.807) is 7.11 Å². The molecule has 0 aromatic carbocycles. The highest BCUT2D eigenvalue weighted by atomic mass is 16.5. The zero-order chi connectivity index (χ0) is 14.2. The highest BCUT2D eigenvalue weighted by molar-refractivity contribution is 5.69. The van der Waals surface area contributed by atoms with Crippen molar-refractivity contribution in [3.8, 4) is 0 Å². The molecular formula is C17H28O3. The fraction of sp³-hybridized carbons (Fsp3) is 0.824. The van der Waals surface area contributed by atoms with Gasteiger partial charge in [-0.2, -0.15) is 0 Å². The maximum atomic E-state index is 11.5. The average molecular weight is 280 g/mol. The molecule has 2 fully saturated rings. The van der Waals surface area contributed by atoms with Crippen LogP contribution in [0, 0.1) is 11.8 Å². The third-order valence-electron chi connectivity index (χ3n) is 4.49. The molecule has 2 rings (SSSR count). The number of rotatable bonds is 8. The molecule has 0 unspecified atom stereocenters. The normalized spacial score (nSPS) is 26.9. The molecule has 0 saturated heterocycles. The van der Waals surface area contributed by atoms with Gasteiger partial charge in [0, 0.05) is 13.5 Å². The Labute approximate surface area is 122 Å². The van der Waals surface area contributed by atoms with Crippen LogP contribution in [-0.4, -0.2) is 25.8 Å². The minimum absolute atomic E-state index is 0.0432. The summed E-state index contributed by atoms with van der Waals surface area (Å²) in [6.45, 7) is 0.437. The number of hydrogen-bond donors (Lipinski definition) is 0. The van der Waals surface area contributed by atoms with Crippen molar-refractivity contribution >= 4 is 5.97 Å². The first-order chi connectivity index (χ1) is 9.78. The Morgan fingerprint density at radius 1 is 1.15 bits per heavy atom. The van der Waals surface area contributed by atoms with Crippen LogP contribution in [0.4, 0.5) is 0 Å². The maximum absolute atomic E-state index is 11.5. The molecule has 3 nitrogen and oxygen atoms in total. The van der Waals surface area contributed by atoms with E-state index >= 15 is 0 Å². The van der Waals surface area contributed by atoms with E-state index in [1.807, 2.05) is 6.08 Å². The molecule has 0 aromatic heterocycles. The number of esters is 1. The van der Waals surface area contributed by atoms with Gasteiger partial charge in [-0.25, -0.2) is 0 Å². The van der Waals surface area contributed by atoms with E-state index in [0.29, 0.717) is 25.0 Å². The summed E-state index contributed by atoms with van der Waals surface area (Å²) in [5, 5.41) is 0. The Kier molecular flexibility index (Phi) is 6.58. The molecule has 2 aliphatic carbocycles. The van der Waals surface area contributed by atoms with Gasteiger partial charge in [0.15, 0.2) is 0 Å². The van der Waals surface area contributed by atoms with Crippen LogP contribution in [0.5, 0.6) is 0 Å². The maximum Gasteiger partial charge on any atom is 0.306 e. The molecule has 3 heteroatoms. The molecule has 0 atom stereocenters. The second-order valence-electron chi connectivity index (χ2n) is 6.22. The summed E-state index contributed by atoms with van der Waals surface area (Å²) in [4.78, 5) is 11.5. The van der Waals surface area contributed by atoms with Crippen molar-refractivity contribution < 1.29 is 14.3 Å². The Bertz CT molecular complexity index is 312. The molecular weight excluding hydrogens is 252 g/mol. The van der Waals surface area contributed by atoms with Gasteiger partial charge >= 0.3 is 5.97 Å². The van der Waals surface area contributed by atoms with E-state index in [0.717, 1.165) is 25.2 Å². The van der Waals surface area contributed by atoms with Crippen LogP contribution < -0.4 is 0 Å². The molecule has 0 N–H and O–H groups in total. The molecule has 0 aromatic rings. The second kappa shape index (κ2) is 8.46. The molecule has 0 amide bonds. The van der Waals surface area contributed by atoms with Crippen LogP contribution >= 0.6 is 0 Å². The van der Waals surface area contributed by atoms with Gasteiger partial charge in [0.25, 0.3) is 0 Å². The topological polar surface area (TPSA) is 35.5 Å². The first kappa shape index (κ1) is 15.6. The van der Waals surface area contributed by atoms with E-state index < -0.39 is 0 Å². The highest BCUT2D eigenvalue weighted by Crippen LogP contribution is 2.33. The number of carbonyl (C=O) groups excluding carboxylic acids is 1. The van der Waals surface area contributed by atoms with Crippen molar-refractivity contribution in [1.29, 1.82) is 0 Å². The van der Waals surface area contributed by atoms with Crippen LogP contribution in [0.15, 0.2) is 12.2 Å². The summed E-state index contributed by atoms with van der Waals surface area (Å²) in [6.07, 6.45) is 14.8. The predicted molar refractivity (Wildman–Crippen MR) is 79.4 cm³/mol. The first-order valence-electron chi connectivity index (χ1n) is 8.13. The largest absolute Gasteiger partial charge is 0.461 e. The van der Waals surface area contributed by atoms with Gasteiger partial charge in [-0.3, -0.25) is 4.79 Å². The third kappa shape index (κ3) is 6.08. The van der Waals surface area contributed by atoms with Gasteiger partial charge < -0.3 is 9.47 Å². The zero-order valence-corrected chi connectivity index (χ0v) is 12.7. The predicted octanol–water partition coefficient (Wildman–Crippen LogP) is 3.87. The monoisotopic (exact) mass is 280 g/mol. The Morgan fingerprint density at radius 3 is 2.55 bits per heavy atom. The summed E-state index contributed by atoms with van der Waals surface area (Å²) in [6, 6.07) is 0. The lowest BCUT2D eigenvalue weighted by Crippen LogP contribution is -2.19. The van der Waals surface area contributed by atoms with Crippen LogP contribution in [0.2, 0.25) is 0 Å². The lowest BCUT2D eigenvalue weighted by atomic mass is 9.87. The number of methoxy groups -OCH3 is 1. The van der Waals surface area contributed by atoms with E-state index in [2.05, 4.69) is 6.08 Å². The summed E-state index contributed by atoms with van der Waals surface area (Å²) in [7, 11) is 1.80. The average Bonchev–Trinajstić information content (AvgIpc) is 3.28. The molecule has 2 aliphatic rings. The van der Waals surface area contributed by atoms with E-state index in [9.17, 15) is 4.79 Å². The zero-order valence-electron chi connectivity index (χ0n) is 12.7. The first-order valence-corrected chi connectivity index (χ1v) is 8.13. The summed E-state index contributed by atoms with van der Waals surface area (Å²) < 4.78 is 10.6. The molecule has 114 valence electrons. The number of allylic oxidation sites excluding steroid dienone is 1. The molecule has 0 spiro atoms. The van der Waals surface area contributed by atoms with Crippen molar-refractivity contribution in [2.45, 2.75) is 63.9 Å². The van der Waals surface area contributed by atoms with Crippen LogP contribution in [0.25, 0.3) is 0 Å². The minimum Gasteiger partial charge on any atom is -0.461 e. The van der Waals surface area contributed by atoms with Crippen LogP contribution in [0.3, 0.4) is 0 Å². The third-order valence-corrected chi connectivity index (χ3v) is 4.49. The van der Waals surface area contributed by atoms with Crippen molar-refractivity contribution in [2.75, 3.05) is 13.7 Å². The van der Waals surface area contributed by atoms with Gasteiger partial charge in [-0.15, -0.1) is 0 Å². The van der Waals surface area contributed by atoms with Gasteiger partial charge in [-0.05, 0) is 50.4 Å². The van der Waals surface area contributed by atoms with E-state index in [-0.39, 0.29) is 5.97 Å². The standard InChI is InChI=1S/C17H28O3/c1-19-16-11-9-15(10-12-16)5-3-13-20-17(18)6-2-4-14-7-8-14/h3,5,14-16H,2,4,6-13H2,1H3. The fourth-order valence-corrected chi connectivity index (χ4v) is 2.92. The molecule has 0 bridgehead atoms. The molecule has 0 radical (unpaired) electrons. The van der Waals surface area contributed by atoms with E-state index in [1.165, 1.54) is 32.1 Å². The molecule has 0 heterocycles. The highest BCUT2D eigenvalue weighted by Gasteiger charge is 2.21. The van der Waals surface area contributed by atoms with Crippen molar-refractivity contribution in [2.24, 2.45) is 11.8 Å². The lowest BCUT2D eigenvalue weighted by molar-refractivity contribution is -0.142. The molecule has 2 saturated carbocycles. The van der Waals surface area contributed by atoms with Gasteiger partial charge in [0.2, 0.25) is 0 Å². The minimum atomic E-state index is -0.0432. The van der Waals surface area contributed by atoms with Crippen molar-refractivity contribution in [3.63, 3.8) is 0 Å². The van der Waals surface area contributed by atoms with Crippen molar-refractivity contribution in [3.05, 3.63) is 12.2 Å². The molecule has 20 heavy (non-hydrogen) atoms. The SMILES string of the molecule is COC1CCC(C=CCOC(=O)CCCC2CC2)CC1. The number of hydrogen-bond acceptors (Lipinski definition) is 3. The van der Waals surface area contributed by atoms with Gasteiger partial charge in [0.05, 0.1) is 6.10 Å².